The Morgan fingerprint density at radius 3 is 2.48 bits per heavy atom. The summed E-state index contributed by atoms with van der Waals surface area (Å²) >= 11 is 4.14. The van der Waals surface area contributed by atoms with E-state index in [1.54, 1.807) is 19.2 Å². The van der Waals surface area contributed by atoms with Crippen molar-refractivity contribution in [2.24, 2.45) is 5.10 Å². The summed E-state index contributed by atoms with van der Waals surface area (Å²) < 4.78 is 6.37. The third-order valence-electron chi connectivity index (χ3n) is 4.57. The fourth-order valence-electron chi connectivity index (χ4n) is 2.85. The molecule has 4 N–H and O–H groups in total. The maximum atomic E-state index is 12.2. The van der Waals surface area contributed by atoms with Gasteiger partial charge in [-0.25, -0.2) is 5.53 Å². The molecule has 0 aliphatic carbocycles. The van der Waals surface area contributed by atoms with Crippen molar-refractivity contribution >= 4 is 41.7 Å². The number of amides is 2. The molecule has 0 radical (unpaired) electrons. The molecule has 0 spiro atoms. The van der Waals surface area contributed by atoms with Crippen LogP contribution >= 0.6 is 12.8 Å². The fraction of sp³-hybridized carbons (Fsp3) is 0.318. The van der Waals surface area contributed by atoms with Crippen LogP contribution in [-0.2, 0) is 9.59 Å². The molecular formula is C22H29N5O3S. The van der Waals surface area contributed by atoms with Crippen molar-refractivity contribution in [3.05, 3.63) is 54.1 Å². The number of hydrazine groups is 1. The number of unbranched alkanes of at least 4 members (excludes halogenated alkanes) is 2. The number of rotatable bonds is 11. The van der Waals surface area contributed by atoms with Crippen molar-refractivity contribution in [2.75, 3.05) is 18.2 Å². The van der Waals surface area contributed by atoms with Crippen LogP contribution in [0, 0.1) is 0 Å². The minimum atomic E-state index is -0.207. The molecule has 2 aromatic carbocycles. The van der Waals surface area contributed by atoms with Crippen molar-refractivity contribution in [1.82, 2.24) is 9.95 Å². The Labute approximate surface area is 188 Å². The third-order valence-corrected chi connectivity index (χ3v) is 4.89. The van der Waals surface area contributed by atoms with Crippen LogP contribution < -0.4 is 21.3 Å². The molecule has 0 aliphatic heterocycles. The van der Waals surface area contributed by atoms with E-state index < -0.39 is 0 Å². The van der Waals surface area contributed by atoms with Crippen LogP contribution in [0.4, 0.5) is 11.4 Å². The van der Waals surface area contributed by atoms with E-state index in [0.717, 1.165) is 16.4 Å². The number of thiol groups is 1. The van der Waals surface area contributed by atoms with Crippen LogP contribution in [0.15, 0.2) is 53.6 Å². The van der Waals surface area contributed by atoms with Gasteiger partial charge in [0, 0.05) is 18.4 Å². The second kappa shape index (κ2) is 12.5. The molecule has 0 saturated heterocycles. The van der Waals surface area contributed by atoms with Gasteiger partial charge in [0.15, 0.2) is 0 Å². The number of carbonyl (C=O) groups excluding carboxylic acids is 2. The van der Waals surface area contributed by atoms with Crippen LogP contribution in [0.25, 0.3) is 0 Å². The smallest absolute Gasteiger partial charge is 0.252 e. The molecule has 0 aromatic heterocycles. The van der Waals surface area contributed by atoms with E-state index in [4.69, 9.17) is 10.5 Å². The lowest BCUT2D eigenvalue weighted by Crippen LogP contribution is -2.32. The molecule has 0 atom stereocenters. The van der Waals surface area contributed by atoms with Gasteiger partial charge in [-0.3, -0.25) is 9.59 Å². The number of hydrogen-bond acceptors (Lipinski definition) is 7. The predicted molar refractivity (Wildman–Crippen MR) is 127 cm³/mol. The van der Waals surface area contributed by atoms with Gasteiger partial charge in [-0.1, -0.05) is 30.7 Å². The number of nitrogen functional groups attached to an aromatic ring is 1. The fourth-order valence-corrected chi connectivity index (χ4v) is 2.99. The van der Waals surface area contributed by atoms with Gasteiger partial charge in [-0.2, -0.15) is 9.52 Å². The van der Waals surface area contributed by atoms with Gasteiger partial charge in [0.1, 0.15) is 5.75 Å². The number of nitrogens with two attached hydrogens (primary N) is 1. The SMILES string of the molecule is COc1ccccc1/C(C)=N/NN(S)C(=O)CCCCCC(=O)Nc1ccccc1N. The number of nitrogens with one attached hydrogen (secondary N) is 2. The minimum Gasteiger partial charge on any atom is -0.496 e. The molecule has 0 aliphatic rings. The summed E-state index contributed by atoms with van der Waals surface area (Å²) in [5, 5.41) is 6.98. The molecule has 0 unspecified atom stereocenters. The molecule has 0 saturated carbocycles. The lowest BCUT2D eigenvalue weighted by molar-refractivity contribution is -0.128. The van der Waals surface area contributed by atoms with Crippen LogP contribution in [0.3, 0.4) is 0 Å². The molecular weight excluding hydrogens is 414 g/mol. The molecule has 166 valence electrons. The standard InChI is InChI=1S/C22H29N5O3S/c1-16(17-10-6-9-13-20(17)30-2)25-26-27(31)22(29)15-5-3-4-14-21(28)24-19-12-8-7-11-18(19)23/h6-13,26,31H,3-5,14-15,23H2,1-2H3,(H,24,28)/b25-16+. The van der Waals surface area contributed by atoms with E-state index in [-0.39, 0.29) is 11.8 Å². The van der Waals surface area contributed by atoms with Gasteiger partial charge in [-0.05, 0) is 56.8 Å². The average molecular weight is 444 g/mol. The molecule has 2 amide bonds. The van der Waals surface area contributed by atoms with Gasteiger partial charge in [0.05, 0.1) is 24.2 Å². The average Bonchev–Trinajstić information content (AvgIpc) is 2.78. The van der Waals surface area contributed by atoms with Crippen molar-refractivity contribution in [2.45, 2.75) is 39.0 Å². The number of methoxy groups -OCH3 is 1. The second-order valence-corrected chi connectivity index (χ2v) is 7.30. The highest BCUT2D eigenvalue weighted by atomic mass is 32.1. The highest BCUT2D eigenvalue weighted by Crippen LogP contribution is 2.18. The Morgan fingerprint density at radius 2 is 1.74 bits per heavy atom. The minimum absolute atomic E-state index is 0.0946. The van der Waals surface area contributed by atoms with Gasteiger partial charge in [0.25, 0.3) is 5.91 Å². The molecule has 2 rings (SSSR count). The Kier molecular flexibility index (Phi) is 9.70. The van der Waals surface area contributed by atoms with E-state index in [1.165, 1.54) is 0 Å². The highest BCUT2D eigenvalue weighted by Gasteiger charge is 2.11. The highest BCUT2D eigenvalue weighted by molar-refractivity contribution is 7.78. The zero-order chi connectivity index (χ0) is 22.6. The first kappa shape index (κ1) is 24.1. The van der Waals surface area contributed by atoms with Crippen LogP contribution in [-0.4, -0.2) is 29.1 Å². The largest absolute Gasteiger partial charge is 0.496 e. The normalized spacial score (nSPS) is 11.0. The van der Waals surface area contributed by atoms with Gasteiger partial charge in [0.2, 0.25) is 5.91 Å². The summed E-state index contributed by atoms with van der Waals surface area (Å²) in [6, 6.07) is 14.6. The zero-order valence-electron chi connectivity index (χ0n) is 17.8. The molecule has 31 heavy (non-hydrogen) atoms. The summed E-state index contributed by atoms with van der Waals surface area (Å²) in [4.78, 5) is 24.2. The summed E-state index contributed by atoms with van der Waals surface area (Å²) in [5.74, 6) is 0.394. The van der Waals surface area contributed by atoms with Gasteiger partial charge in [-0.15, -0.1) is 0 Å². The lowest BCUT2D eigenvalue weighted by atomic mass is 10.1. The Balaban J connectivity index is 1.67. The van der Waals surface area contributed by atoms with Crippen LogP contribution in [0.5, 0.6) is 5.75 Å². The number of benzene rings is 2. The first-order valence-electron chi connectivity index (χ1n) is 10.0. The van der Waals surface area contributed by atoms with E-state index in [2.05, 4.69) is 28.8 Å². The van der Waals surface area contributed by atoms with Gasteiger partial charge < -0.3 is 15.8 Å². The number of hydrogen-bond donors (Lipinski definition) is 4. The number of ether oxygens (including phenoxy) is 1. The van der Waals surface area contributed by atoms with Crippen molar-refractivity contribution in [1.29, 1.82) is 0 Å². The lowest BCUT2D eigenvalue weighted by Gasteiger charge is -2.15. The Hall–Kier alpha value is -3.20. The van der Waals surface area contributed by atoms with E-state index in [9.17, 15) is 9.59 Å². The van der Waals surface area contributed by atoms with E-state index in [1.807, 2.05) is 43.3 Å². The molecule has 8 nitrogen and oxygen atoms in total. The topological polar surface area (TPSA) is 109 Å². The van der Waals surface area contributed by atoms with E-state index >= 15 is 0 Å². The Morgan fingerprint density at radius 1 is 1.06 bits per heavy atom. The third kappa shape index (κ3) is 7.86. The summed E-state index contributed by atoms with van der Waals surface area (Å²) in [7, 11) is 1.59. The van der Waals surface area contributed by atoms with Crippen molar-refractivity contribution < 1.29 is 14.3 Å². The molecule has 0 bridgehead atoms. The number of para-hydroxylation sites is 3. The zero-order valence-corrected chi connectivity index (χ0v) is 18.7. The first-order chi connectivity index (χ1) is 14.9. The number of anilines is 2. The summed E-state index contributed by atoms with van der Waals surface area (Å²) in [6.07, 6.45) is 2.74. The molecule has 0 heterocycles. The quantitative estimate of drug-likeness (QED) is 0.139. The van der Waals surface area contributed by atoms with Crippen LogP contribution in [0.2, 0.25) is 0 Å². The molecule has 2 aromatic rings. The number of carbonyl (C=O) groups is 2. The number of nitrogens with zero attached hydrogens (tertiary/aromatic N) is 2. The maximum absolute atomic E-state index is 12.2. The van der Waals surface area contributed by atoms with E-state index in [0.29, 0.717) is 48.5 Å². The van der Waals surface area contributed by atoms with Crippen molar-refractivity contribution in [3.8, 4) is 5.75 Å². The predicted octanol–water partition coefficient (Wildman–Crippen LogP) is 3.77. The Bertz CT molecular complexity index is 920. The van der Waals surface area contributed by atoms with Gasteiger partial charge >= 0.3 is 0 Å². The molecule has 9 heteroatoms. The monoisotopic (exact) mass is 443 g/mol. The summed E-state index contributed by atoms with van der Waals surface area (Å²) in [5.41, 5.74) is 11.1. The summed E-state index contributed by atoms with van der Waals surface area (Å²) in [6.45, 7) is 1.81. The number of hydrazone groups is 1. The van der Waals surface area contributed by atoms with Crippen LogP contribution in [0.1, 0.15) is 44.6 Å². The van der Waals surface area contributed by atoms with Crippen molar-refractivity contribution in [3.63, 3.8) is 0 Å². The first-order valence-corrected chi connectivity index (χ1v) is 10.4. The molecule has 0 fully saturated rings. The maximum Gasteiger partial charge on any atom is 0.252 e. The second-order valence-electron chi connectivity index (χ2n) is 6.90.